The van der Waals surface area contributed by atoms with Gasteiger partial charge in [-0.1, -0.05) is 12.1 Å². The Morgan fingerprint density at radius 1 is 1.50 bits per heavy atom. The first-order valence-corrected chi connectivity index (χ1v) is 8.09. The summed E-state index contributed by atoms with van der Waals surface area (Å²) in [5, 5.41) is 11.7. The molecule has 24 heavy (non-hydrogen) atoms. The molecule has 130 valence electrons. The molecule has 1 heterocycles. The van der Waals surface area contributed by atoms with Gasteiger partial charge in [0, 0.05) is 12.2 Å². The zero-order chi connectivity index (χ0) is 17.4. The van der Waals surface area contributed by atoms with Gasteiger partial charge >= 0.3 is 5.97 Å². The first-order chi connectivity index (χ1) is 11.6. The number of carboxylic acid groups (broad SMARTS) is 1. The van der Waals surface area contributed by atoms with Gasteiger partial charge in [-0.05, 0) is 43.9 Å². The predicted octanol–water partition coefficient (Wildman–Crippen LogP) is 2.39. The highest BCUT2D eigenvalue weighted by Crippen LogP contribution is 2.17. The zero-order valence-electron chi connectivity index (χ0n) is 13.6. The molecular formula is C18H23NO5. The van der Waals surface area contributed by atoms with Crippen LogP contribution in [0, 0.1) is 0 Å². The first kappa shape index (κ1) is 18.0. The van der Waals surface area contributed by atoms with Crippen LogP contribution in [0.5, 0.6) is 5.75 Å². The van der Waals surface area contributed by atoms with E-state index in [1.807, 2.05) is 0 Å². The highest BCUT2D eigenvalue weighted by Gasteiger charge is 2.20. The van der Waals surface area contributed by atoms with Crippen LogP contribution in [0.15, 0.2) is 36.9 Å². The highest BCUT2D eigenvalue weighted by molar-refractivity contribution is 5.96. The fourth-order valence-electron chi connectivity index (χ4n) is 2.48. The summed E-state index contributed by atoms with van der Waals surface area (Å²) in [6.07, 6.45) is 4.56. The molecule has 1 amide bonds. The lowest BCUT2D eigenvalue weighted by molar-refractivity contribution is -0.139. The van der Waals surface area contributed by atoms with Crippen molar-refractivity contribution >= 4 is 11.9 Å². The Morgan fingerprint density at radius 2 is 2.33 bits per heavy atom. The molecule has 1 saturated heterocycles. The molecule has 0 aliphatic carbocycles. The number of hydrogen-bond donors (Lipinski definition) is 2. The molecular weight excluding hydrogens is 310 g/mol. The lowest BCUT2D eigenvalue weighted by Crippen LogP contribution is -2.40. The van der Waals surface area contributed by atoms with Crippen molar-refractivity contribution in [2.45, 2.75) is 37.8 Å². The number of amides is 1. The second-order valence-corrected chi connectivity index (χ2v) is 5.70. The summed E-state index contributed by atoms with van der Waals surface area (Å²) in [4.78, 5) is 23.5. The molecule has 0 spiro atoms. The van der Waals surface area contributed by atoms with Gasteiger partial charge < -0.3 is 19.9 Å². The minimum Gasteiger partial charge on any atom is -0.491 e. The van der Waals surface area contributed by atoms with Gasteiger partial charge in [-0.3, -0.25) is 4.79 Å². The van der Waals surface area contributed by atoms with Crippen molar-refractivity contribution in [3.05, 3.63) is 42.5 Å². The number of carbonyl (C=O) groups excluding carboxylic acids is 1. The molecule has 2 N–H and O–H groups in total. The van der Waals surface area contributed by atoms with E-state index in [9.17, 15) is 9.59 Å². The summed E-state index contributed by atoms with van der Waals surface area (Å²) >= 11 is 0. The summed E-state index contributed by atoms with van der Waals surface area (Å²) < 4.78 is 11.2. The van der Waals surface area contributed by atoms with Gasteiger partial charge in [-0.15, -0.1) is 6.58 Å². The standard InChI is InChI=1S/C18H23NO5/c1-2-3-9-16(18(21)22)19-17(20)13-6-4-7-14(11-13)24-12-15-8-5-10-23-15/h2,4,6-7,11,15-16H,1,3,5,8-10,12H2,(H,19,20)(H,21,22). The lowest BCUT2D eigenvalue weighted by atomic mass is 10.1. The van der Waals surface area contributed by atoms with Gasteiger partial charge in [0.15, 0.2) is 0 Å². The maximum atomic E-state index is 12.3. The molecule has 6 heteroatoms. The molecule has 2 rings (SSSR count). The van der Waals surface area contributed by atoms with E-state index in [4.69, 9.17) is 14.6 Å². The molecule has 1 aliphatic heterocycles. The minimum absolute atomic E-state index is 0.0952. The Kier molecular flexibility index (Phi) is 6.81. The number of nitrogens with one attached hydrogen (secondary N) is 1. The second-order valence-electron chi connectivity index (χ2n) is 5.70. The molecule has 1 aromatic carbocycles. The molecule has 6 nitrogen and oxygen atoms in total. The van der Waals surface area contributed by atoms with Gasteiger partial charge in [0.05, 0.1) is 6.10 Å². The molecule has 1 aromatic rings. The number of ether oxygens (including phenoxy) is 2. The fourth-order valence-corrected chi connectivity index (χ4v) is 2.48. The average Bonchev–Trinajstić information content (AvgIpc) is 3.10. The fraction of sp³-hybridized carbons (Fsp3) is 0.444. The summed E-state index contributed by atoms with van der Waals surface area (Å²) in [6, 6.07) is 5.77. The smallest absolute Gasteiger partial charge is 0.326 e. The first-order valence-electron chi connectivity index (χ1n) is 8.09. The largest absolute Gasteiger partial charge is 0.491 e. The molecule has 0 saturated carbocycles. The van der Waals surface area contributed by atoms with Crippen LogP contribution in [0.4, 0.5) is 0 Å². The number of allylic oxidation sites excluding steroid dienone is 1. The summed E-state index contributed by atoms with van der Waals surface area (Å²) in [7, 11) is 0. The van der Waals surface area contributed by atoms with E-state index in [1.165, 1.54) is 0 Å². The van der Waals surface area contributed by atoms with Crippen LogP contribution in [0.1, 0.15) is 36.0 Å². The van der Waals surface area contributed by atoms with Crippen LogP contribution < -0.4 is 10.1 Å². The Labute approximate surface area is 141 Å². The quantitative estimate of drug-likeness (QED) is 0.678. The Hall–Kier alpha value is -2.34. The molecule has 0 bridgehead atoms. The van der Waals surface area contributed by atoms with Crippen molar-refractivity contribution in [3.63, 3.8) is 0 Å². The van der Waals surface area contributed by atoms with E-state index in [0.29, 0.717) is 30.8 Å². The topological polar surface area (TPSA) is 84.9 Å². The third-order valence-corrected chi connectivity index (χ3v) is 3.82. The van der Waals surface area contributed by atoms with Crippen LogP contribution in [0.3, 0.4) is 0 Å². The number of carbonyl (C=O) groups is 2. The number of carboxylic acids is 1. The maximum absolute atomic E-state index is 12.3. The number of aliphatic carboxylic acids is 1. The van der Waals surface area contributed by atoms with Crippen molar-refractivity contribution in [3.8, 4) is 5.75 Å². The van der Waals surface area contributed by atoms with Gasteiger partial charge in [-0.25, -0.2) is 4.79 Å². The maximum Gasteiger partial charge on any atom is 0.326 e. The molecule has 1 aliphatic rings. The average molecular weight is 333 g/mol. The number of rotatable bonds is 9. The molecule has 2 unspecified atom stereocenters. The summed E-state index contributed by atoms with van der Waals surface area (Å²) in [5.41, 5.74) is 0.365. The highest BCUT2D eigenvalue weighted by atomic mass is 16.5. The Morgan fingerprint density at radius 3 is 3.00 bits per heavy atom. The second kappa shape index (κ2) is 9.08. The zero-order valence-corrected chi connectivity index (χ0v) is 13.6. The van der Waals surface area contributed by atoms with E-state index < -0.39 is 17.9 Å². The summed E-state index contributed by atoms with van der Waals surface area (Å²) in [6.45, 7) is 4.77. The van der Waals surface area contributed by atoms with Crippen molar-refractivity contribution in [1.82, 2.24) is 5.32 Å². The van der Waals surface area contributed by atoms with Crippen LogP contribution in [0.2, 0.25) is 0 Å². The number of benzene rings is 1. The third kappa shape index (κ3) is 5.38. The third-order valence-electron chi connectivity index (χ3n) is 3.82. The van der Waals surface area contributed by atoms with Crippen LogP contribution >= 0.6 is 0 Å². The van der Waals surface area contributed by atoms with Crippen molar-refractivity contribution < 1.29 is 24.2 Å². The minimum atomic E-state index is -1.06. The van der Waals surface area contributed by atoms with Crippen LogP contribution in [-0.4, -0.2) is 42.3 Å². The Balaban J connectivity index is 1.94. The Bertz CT molecular complexity index is 581. The van der Waals surface area contributed by atoms with Gasteiger partial charge in [0.1, 0.15) is 18.4 Å². The van der Waals surface area contributed by atoms with Crippen LogP contribution in [0.25, 0.3) is 0 Å². The van der Waals surface area contributed by atoms with E-state index in [1.54, 1.807) is 30.3 Å². The molecule has 1 fully saturated rings. The van der Waals surface area contributed by atoms with Gasteiger partial charge in [0.2, 0.25) is 0 Å². The van der Waals surface area contributed by atoms with E-state index in [-0.39, 0.29) is 6.10 Å². The SMILES string of the molecule is C=CCCC(NC(=O)c1cccc(OCC2CCCO2)c1)C(=O)O. The van der Waals surface area contributed by atoms with E-state index in [0.717, 1.165) is 19.4 Å². The van der Waals surface area contributed by atoms with Crippen molar-refractivity contribution in [1.29, 1.82) is 0 Å². The van der Waals surface area contributed by atoms with Crippen LogP contribution in [-0.2, 0) is 9.53 Å². The summed E-state index contributed by atoms with van der Waals surface area (Å²) in [5.74, 6) is -0.930. The number of hydrogen-bond acceptors (Lipinski definition) is 4. The monoisotopic (exact) mass is 333 g/mol. The van der Waals surface area contributed by atoms with E-state index >= 15 is 0 Å². The predicted molar refractivity (Wildman–Crippen MR) is 89.2 cm³/mol. The molecule has 0 radical (unpaired) electrons. The van der Waals surface area contributed by atoms with E-state index in [2.05, 4.69) is 11.9 Å². The molecule has 0 aromatic heterocycles. The van der Waals surface area contributed by atoms with Gasteiger partial charge in [-0.2, -0.15) is 0 Å². The van der Waals surface area contributed by atoms with Gasteiger partial charge in [0.25, 0.3) is 5.91 Å². The molecule has 2 atom stereocenters. The normalized spacial score (nSPS) is 17.9. The van der Waals surface area contributed by atoms with Crippen molar-refractivity contribution in [2.24, 2.45) is 0 Å². The lowest BCUT2D eigenvalue weighted by Gasteiger charge is -2.15. The van der Waals surface area contributed by atoms with Crippen molar-refractivity contribution in [2.75, 3.05) is 13.2 Å².